The number of hydrogen-bond donors (Lipinski definition) is 1. The molecule has 1 saturated heterocycles. The summed E-state index contributed by atoms with van der Waals surface area (Å²) < 4.78 is 10.9. The van der Waals surface area contributed by atoms with Crippen LogP contribution in [0.1, 0.15) is 29.7 Å². The number of carboxylic acid groups (broad SMARTS) is 1. The molecule has 1 saturated carbocycles. The minimum atomic E-state index is -0.723. The molecule has 1 N–H and O–H groups in total. The van der Waals surface area contributed by atoms with Crippen LogP contribution in [0.3, 0.4) is 0 Å². The highest BCUT2D eigenvalue weighted by Gasteiger charge is 2.51. The van der Waals surface area contributed by atoms with Crippen molar-refractivity contribution in [2.45, 2.75) is 37.7 Å². The first-order valence-corrected chi connectivity index (χ1v) is 9.58. The van der Waals surface area contributed by atoms with Crippen molar-refractivity contribution in [1.82, 2.24) is 5.16 Å². The first-order valence-electron chi connectivity index (χ1n) is 9.58. The van der Waals surface area contributed by atoms with E-state index < -0.39 is 11.4 Å². The summed E-state index contributed by atoms with van der Waals surface area (Å²) in [5.41, 5.74) is 5.41. The summed E-state index contributed by atoms with van der Waals surface area (Å²) in [5.74, 6) is 0.0892. The topological polar surface area (TPSA) is 75.9 Å². The van der Waals surface area contributed by atoms with Crippen molar-refractivity contribution >= 4 is 5.97 Å². The number of hydrogen-bond acceptors (Lipinski definition) is 4. The average molecular weight is 375 g/mol. The first-order chi connectivity index (χ1) is 13.6. The van der Waals surface area contributed by atoms with E-state index in [1.165, 1.54) is 0 Å². The monoisotopic (exact) mass is 375 g/mol. The van der Waals surface area contributed by atoms with Gasteiger partial charge in [0.25, 0.3) is 0 Å². The summed E-state index contributed by atoms with van der Waals surface area (Å²) >= 11 is 0. The third-order valence-corrected chi connectivity index (χ3v) is 5.90. The fourth-order valence-electron chi connectivity index (χ4n) is 3.82. The van der Waals surface area contributed by atoms with Crippen LogP contribution < -0.4 is 0 Å². The van der Waals surface area contributed by atoms with Gasteiger partial charge < -0.3 is 14.4 Å². The second kappa shape index (κ2) is 6.31. The zero-order chi connectivity index (χ0) is 19.3. The van der Waals surface area contributed by atoms with Crippen molar-refractivity contribution in [2.24, 2.45) is 0 Å². The summed E-state index contributed by atoms with van der Waals surface area (Å²) in [5, 5.41) is 13.6. The Labute approximate surface area is 162 Å². The van der Waals surface area contributed by atoms with E-state index in [1.807, 2.05) is 43.3 Å². The molecule has 1 aromatic heterocycles. The van der Waals surface area contributed by atoms with Crippen LogP contribution in [0.5, 0.6) is 0 Å². The molecule has 1 atom stereocenters. The molecular weight excluding hydrogens is 354 g/mol. The van der Waals surface area contributed by atoms with Crippen LogP contribution in [0, 0.1) is 6.92 Å². The van der Waals surface area contributed by atoms with E-state index in [0.29, 0.717) is 0 Å². The minimum absolute atomic E-state index is 0.287. The van der Waals surface area contributed by atoms with Gasteiger partial charge in [-0.3, -0.25) is 4.79 Å². The Kier molecular flexibility index (Phi) is 3.88. The molecule has 5 nitrogen and oxygen atoms in total. The third kappa shape index (κ3) is 2.92. The van der Waals surface area contributed by atoms with E-state index in [-0.39, 0.29) is 6.10 Å². The number of aryl methyl sites for hydroxylation is 1. The molecule has 5 rings (SSSR count). The summed E-state index contributed by atoms with van der Waals surface area (Å²) in [6.45, 7) is 2.77. The maximum absolute atomic E-state index is 11.5. The lowest BCUT2D eigenvalue weighted by atomic mass is 9.93. The number of carbonyl (C=O) groups is 1. The fraction of sp³-hybridized carbons (Fsp3) is 0.304. The summed E-state index contributed by atoms with van der Waals surface area (Å²) in [6, 6.07) is 16.1. The SMILES string of the molecule is Cc1noc(-c2ccc(-c3ccc(C4(C(=O)O)CC4)cc3)cc2)c1CC1CO1. The smallest absolute Gasteiger partial charge is 0.314 e. The second-order valence-corrected chi connectivity index (χ2v) is 7.78. The summed E-state index contributed by atoms with van der Waals surface area (Å²) in [4.78, 5) is 11.5. The first kappa shape index (κ1) is 17.2. The van der Waals surface area contributed by atoms with Crippen molar-refractivity contribution in [2.75, 3.05) is 6.61 Å². The van der Waals surface area contributed by atoms with E-state index >= 15 is 0 Å². The van der Waals surface area contributed by atoms with Crippen molar-refractivity contribution in [1.29, 1.82) is 0 Å². The van der Waals surface area contributed by atoms with E-state index in [0.717, 1.165) is 65.1 Å². The molecule has 28 heavy (non-hydrogen) atoms. The highest BCUT2D eigenvalue weighted by molar-refractivity contribution is 5.85. The normalized spacial score (nSPS) is 19.4. The van der Waals surface area contributed by atoms with E-state index in [2.05, 4.69) is 17.3 Å². The molecule has 1 aliphatic carbocycles. The highest BCUT2D eigenvalue weighted by atomic mass is 16.6. The van der Waals surface area contributed by atoms with Crippen LogP contribution in [0.25, 0.3) is 22.5 Å². The van der Waals surface area contributed by atoms with E-state index in [9.17, 15) is 9.90 Å². The molecule has 142 valence electrons. The van der Waals surface area contributed by atoms with E-state index in [4.69, 9.17) is 9.26 Å². The van der Waals surface area contributed by atoms with Crippen molar-refractivity contribution in [3.63, 3.8) is 0 Å². The Hall–Kier alpha value is -2.92. The zero-order valence-corrected chi connectivity index (χ0v) is 15.6. The van der Waals surface area contributed by atoms with Gasteiger partial charge in [-0.2, -0.15) is 0 Å². The molecule has 2 fully saturated rings. The molecule has 0 radical (unpaired) electrons. The molecule has 2 heterocycles. The summed E-state index contributed by atoms with van der Waals surface area (Å²) in [6.07, 6.45) is 2.57. The molecule has 5 heteroatoms. The zero-order valence-electron chi connectivity index (χ0n) is 15.6. The number of epoxide rings is 1. The van der Waals surface area contributed by atoms with Gasteiger partial charge in [-0.1, -0.05) is 53.7 Å². The van der Waals surface area contributed by atoms with Gasteiger partial charge in [-0.05, 0) is 36.5 Å². The molecule has 2 aliphatic rings. The molecule has 1 aliphatic heterocycles. The maximum atomic E-state index is 11.5. The second-order valence-electron chi connectivity index (χ2n) is 7.78. The number of aliphatic carboxylic acids is 1. The molecular formula is C23H21NO4. The van der Waals surface area contributed by atoms with Gasteiger partial charge in [0.15, 0.2) is 5.76 Å². The quantitative estimate of drug-likeness (QED) is 0.647. The molecule has 0 bridgehead atoms. The summed E-state index contributed by atoms with van der Waals surface area (Å²) in [7, 11) is 0. The molecule has 3 aromatic rings. The largest absolute Gasteiger partial charge is 0.481 e. The number of benzene rings is 2. The lowest BCUT2D eigenvalue weighted by Crippen LogP contribution is -2.19. The Balaban J connectivity index is 1.39. The van der Waals surface area contributed by atoms with Crippen LogP contribution in [0.2, 0.25) is 0 Å². The van der Waals surface area contributed by atoms with Crippen LogP contribution in [0.15, 0.2) is 53.1 Å². The number of rotatable bonds is 6. The fourth-order valence-corrected chi connectivity index (χ4v) is 3.82. The standard InChI is InChI=1S/C23H21NO4/c1-14-20(12-19-13-27-19)21(28-24-14)17-4-2-15(3-5-17)16-6-8-18(9-7-16)23(10-11-23)22(25)26/h2-9,19H,10-13H2,1H3,(H,25,26). The molecule has 2 aromatic carbocycles. The van der Waals surface area contributed by atoms with Crippen LogP contribution >= 0.6 is 0 Å². The predicted octanol–water partition coefficient (Wildman–Crippen LogP) is 4.37. The molecule has 1 unspecified atom stereocenters. The van der Waals surface area contributed by atoms with Crippen LogP contribution in [-0.2, 0) is 21.4 Å². The van der Waals surface area contributed by atoms with Crippen molar-refractivity contribution < 1.29 is 19.2 Å². The van der Waals surface area contributed by atoms with Gasteiger partial charge in [-0.25, -0.2) is 0 Å². The Bertz CT molecular complexity index is 1030. The molecule has 0 amide bonds. The molecule has 0 spiro atoms. The number of carboxylic acids is 1. The van der Waals surface area contributed by atoms with Crippen LogP contribution in [0.4, 0.5) is 0 Å². The Morgan fingerprint density at radius 2 is 1.64 bits per heavy atom. The average Bonchev–Trinajstić information content (AvgIpc) is 3.62. The van der Waals surface area contributed by atoms with Gasteiger partial charge >= 0.3 is 5.97 Å². The van der Waals surface area contributed by atoms with Gasteiger partial charge in [-0.15, -0.1) is 0 Å². The maximum Gasteiger partial charge on any atom is 0.314 e. The van der Waals surface area contributed by atoms with Gasteiger partial charge in [0.05, 0.1) is 23.8 Å². The van der Waals surface area contributed by atoms with Gasteiger partial charge in [0.2, 0.25) is 0 Å². The minimum Gasteiger partial charge on any atom is -0.481 e. The lowest BCUT2D eigenvalue weighted by molar-refractivity contribution is -0.140. The van der Waals surface area contributed by atoms with Crippen molar-refractivity contribution in [3.05, 3.63) is 65.4 Å². The number of ether oxygens (including phenoxy) is 1. The number of nitrogens with zero attached hydrogens (tertiary/aromatic N) is 1. The van der Waals surface area contributed by atoms with Crippen molar-refractivity contribution in [3.8, 4) is 22.5 Å². The van der Waals surface area contributed by atoms with Gasteiger partial charge in [0, 0.05) is 17.5 Å². The Morgan fingerprint density at radius 3 is 2.18 bits per heavy atom. The van der Waals surface area contributed by atoms with Gasteiger partial charge in [0.1, 0.15) is 0 Å². The van der Waals surface area contributed by atoms with E-state index in [1.54, 1.807) is 0 Å². The predicted molar refractivity (Wildman–Crippen MR) is 104 cm³/mol. The Morgan fingerprint density at radius 1 is 1.07 bits per heavy atom. The highest BCUT2D eigenvalue weighted by Crippen LogP contribution is 2.48. The number of aromatic nitrogens is 1. The lowest BCUT2D eigenvalue weighted by Gasteiger charge is -2.11. The van der Waals surface area contributed by atoms with Crippen LogP contribution in [-0.4, -0.2) is 28.9 Å². The third-order valence-electron chi connectivity index (χ3n) is 5.90.